The average molecular weight is 473 g/mol. The molecule has 0 aliphatic rings. The zero-order chi connectivity index (χ0) is 23.0. The molecule has 1 aromatic carbocycles. The minimum atomic E-state index is -4.58. The lowest BCUT2D eigenvalue weighted by atomic mass is 10.1. The minimum Gasteiger partial charge on any atom is -0.324 e. The van der Waals surface area contributed by atoms with Gasteiger partial charge in [-0.2, -0.15) is 33.2 Å². The Hall–Kier alpha value is -4.26. The summed E-state index contributed by atoms with van der Waals surface area (Å²) in [4.78, 5) is 20.1. The Morgan fingerprint density at radius 1 is 0.909 bits per heavy atom. The van der Waals surface area contributed by atoms with E-state index in [2.05, 4.69) is 40.7 Å². The average Bonchev–Trinajstić information content (AvgIpc) is 3.44. The standard InChI is InChI=1S/C19H12ClF3N10/c20-16-29-17(27-12-1-3-32-4-2-25-15(32)8-12)31-18(30-16)28-13-5-11(19(21,22)23)6-14(7-13)33-10-24-9-26-33/h1-10H,(H2,27,28,29,30,31). The molecule has 0 fully saturated rings. The lowest BCUT2D eigenvalue weighted by Crippen LogP contribution is -2.09. The van der Waals surface area contributed by atoms with Gasteiger partial charge in [0.25, 0.3) is 0 Å². The maximum Gasteiger partial charge on any atom is 0.416 e. The number of imidazole rings is 1. The first-order valence-corrected chi connectivity index (χ1v) is 9.67. The van der Waals surface area contributed by atoms with Crippen molar-refractivity contribution in [2.24, 2.45) is 0 Å². The van der Waals surface area contributed by atoms with Gasteiger partial charge in [-0.25, -0.2) is 14.6 Å². The summed E-state index contributed by atoms with van der Waals surface area (Å²) in [5.41, 5.74) is 0.667. The van der Waals surface area contributed by atoms with Gasteiger partial charge >= 0.3 is 6.18 Å². The zero-order valence-electron chi connectivity index (χ0n) is 16.4. The van der Waals surface area contributed by atoms with Crippen LogP contribution in [0.15, 0.2) is 61.6 Å². The quantitative estimate of drug-likeness (QED) is 0.390. The van der Waals surface area contributed by atoms with Gasteiger partial charge in [0, 0.05) is 36.0 Å². The van der Waals surface area contributed by atoms with Gasteiger partial charge in [0.1, 0.15) is 18.3 Å². The Labute approximate surface area is 188 Å². The molecular weight excluding hydrogens is 461 g/mol. The van der Waals surface area contributed by atoms with Gasteiger partial charge in [-0.3, -0.25) is 0 Å². The third kappa shape index (κ3) is 4.52. The number of hydrogen-bond acceptors (Lipinski definition) is 8. The number of anilines is 4. The molecule has 2 N–H and O–H groups in total. The number of halogens is 4. The second-order valence-corrected chi connectivity index (χ2v) is 7.05. The molecule has 0 aliphatic carbocycles. The largest absolute Gasteiger partial charge is 0.416 e. The summed E-state index contributed by atoms with van der Waals surface area (Å²) in [7, 11) is 0. The fourth-order valence-corrected chi connectivity index (χ4v) is 3.19. The van der Waals surface area contributed by atoms with E-state index in [1.54, 1.807) is 30.7 Å². The number of benzene rings is 1. The van der Waals surface area contributed by atoms with Crippen molar-refractivity contribution >= 4 is 40.5 Å². The van der Waals surface area contributed by atoms with E-state index in [1.807, 2.05) is 4.40 Å². The highest BCUT2D eigenvalue weighted by Gasteiger charge is 2.31. The lowest BCUT2D eigenvalue weighted by Gasteiger charge is -2.13. The molecule has 5 aromatic rings. The van der Waals surface area contributed by atoms with Crippen molar-refractivity contribution in [2.75, 3.05) is 10.6 Å². The molecule has 0 saturated carbocycles. The molecule has 10 nitrogen and oxygen atoms in total. The first-order valence-electron chi connectivity index (χ1n) is 9.29. The Bertz CT molecular complexity index is 1430. The summed E-state index contributed by atoms with van der Waals surface area (Å²) in [5.74, 6) is 0.0418. The van der Waals surface area contributed by atoms with Crippen LogP contribution in [0.5, 0.6) is 0 Å². The Morgan fingerprint density at radius 2 is 1.70 bits per heavy atom. The normalized spacial score (nSPS) is 11.6. The summed E-state index contributed by atoms with van der Waals surface area (Å²) < 4.78 is 43.3. The van der Waals surface area contributed by atoms with Crippen molar-refractivity contribution in [1.29, 1.82) is 0 Å². The highest BCUT2D eigenvalue weighted by molar-refractivity contribution is 6.28. The molecule has 166 valence electrons. The summed E-state index contributed by atoms with van der Waals surface area (Å²) in [6, 6.07) is 6.87. The second kappa shape index (κ2) is 8.02. The Balaban J connectivity index is 1.46. The SMILES string of the molecule is FC(F)(F)c1cc(Nc2nc(Cl)nc(Nc3ccn4ccnc4c3)n2)cc(-n2cncn2)c1. The monoisotopic (exact) mass is 472 g/mol. The summed E-state index contributed by atoms with van der Waals surface area (Å²) >= 11 is 6.02. The van der Waals surface area contributed by atoms with E-state index in [9.17, 15) is 13.2 Å². The molecule has 0 unspecified atom stereocenters. The molecule has 5 rings (SSSR count). The van der Waals surface area contributed by atoms with Crippen LogP contribution in [0.2, 0.25) is 5.28 Å². The van der Waals surface area contributed by atoms with E-state index in [0.29, 0.717) is 11.3 Å². The fraction of sp³-hybridized carbons (Fsp3) is 0.0526. The first-order chi connectivity index (χ1) is 15.8. The third-order valence-electron chi connectivity index (χ3n) is 4.45. The smallest absolute Gasteiger partial charge is 0.324 e. The lowest BCUT2D eigenvalue weighted by molar-refractivity contribution is -0.137. The number of hydrogen-bond donors (Lipinski definition) is 2. The summed E-state index contributed by atoms with van der Waals surface area (Å²) in [6.07, 6.45) is 3.17. The maximum absolute atomic E-state index is 13.4. The Kier molecular flexibility index (Phi) is 5.01. The van der Waals surface area contributed by atoms with Crippen LogP contribution in [-0.2, 0) is 6.18 Å². The van der Waals surface area contributed by atoms with Crippen molar-refractivity contribution in [2.45, 2.75) is 6.18 Å². The van der Waals surface area contributed by atoms with Gasteiger partial charge in [0.05, 0.1) is 11.3 Å². The van der Waals surface area contributed by atoms with Gasteiger partial charge in [-0.1, -0.05) is 0 Å². The van der Waals surface area contributed by atoms with Crippen molar-refractivity contribution in [3.8, 4) is 5.69 Å². The molecule has 0 saturated heterocycles. The van der Waals surface area contributed by atoms with Gasteiger partial charge in [0.15, 0.2) is 0 Å². The fourth-order valence-electron chi connectivity index (χ4n) is 3.03. The molecule has 0 radical (unpaired) electrons. The molecule has 0 atom stereocenters. The minimum absolute atomic E-state index is 0.0525. The maximum atomic E-state index is 13.4. The van der Waals surface area contributed by atoms with E-state index in [0.717, 1.165) is 12.1 Å². The van der Waals surface area contributed by atoms with E-state index >= 15 is 0 Å². The number of rotatable bonds is 5. The molecular formula is C19H12ClF3N10. The van der Waals surface area contributed by atoms with Crippen LogP contribution in [0.4, 0.5) is 36.4 Å². The van der Waals surface area contributed by atoms with Crippen LogP contribution in [-0.4, -0.2) is 39.1 Å². The molecule has 4 aromatic heterocycles. The molecule has 33 heavy (non-hydrogen) atoms. The van der Waals surface area contributed by atoms with Crippen LogP contribution in [0, 0.1) is 0 Å². The van der Waals surface area contributed by atoms with Gasteiger partial charge in [-0.15, -0.1) is 0 Å². The van der Waals surface area contributed by atoms with E-state index in [4.69, 9.17) is 11.6 Å². The van der Waals surface area contributed by atoms with Gasteiger partial charge in [0.2, 0.25) is 17.2 Å². The molecule has 14 heteroatoms. The van der Waals surface area contributed by atoms with E-state index in [1.165, 1.54) is 23.4 Å². The molecule has 4 heterocycles. The number of fused-ring (bicyclic) bond motifs is 1. The molecule has 0 amide bonds. The first kappa shape index (κ1) is 20.6. The van der Waals surface area contributed by atoms with Gasteiger partial charge < -0.3 is 15.0 Å². The predicted octanol–water partition coefficient (Wildman–Crippen LogP) is 4.26. The van der Waals surface area contributed by atoms with Crippen molar-refractivity contribution in [3.63, 3.8) is 0 Å². The Morgan fingerprint density at radius 3 is 2.42 bits per heavy atom. The molecule has 0 aliphatic heterocycles. The van der Waals surface area contributed by atoms with Crippen LogP contribution in [0.3, 0.4) is 0 Å². The zero-order valence-corrected chi connectivity index (χ0v) is 17.1. The number of aromatic nitrogens is 8. The third-order valence-corrected chi connectivity index (χ3v) is 4.62. The van der Waals surface area contributed by atoms with E-state index < -0.39 is 11.7 Å². The number of nitrogens with one attached hydrogen (secondary N) is 2. The van der Waals surface area contributed by atoms with Crippen LogP contribution >= 0.6 is 11.6 Å². The van der Waals surface area contributed by atoms with E-state index in [-0.39, 0.29) is 28.6 Å². The second-order valence-electron chi connectivity index (χ2n) is 6.72. The molecule has 0 bridgehead atoms. The number of pyridine rings is 1. The van der Waals surface area contributed by atoms with Crippen LogP contribution in [0.1, 0.15) is 5.56 Å². The van der Waals surface area contributed by atoms with Gasteiger partial charge in [-0.05, 0) is 35.9 Å². The number of alkyl halides is 3. The van der Waals surface area contributed by atoms with Crippen molar-refractivity contribution in [3.05, 3.63) is 72.4 Å². The van der Waals surface area contributed by atoms with Crippen LogP contribution in [0.25, 0.3) is 11.3 Å². The molecule has 0 spiro atoms. The topological polar surface area (TPSA) is 111 Å². The highest BCUT2D eigenvalue weighted by atomic mass is 35.5. The highest BCUT2D eigenvalue weighted by Crippen LogP contribution is 2.33. The van der Waals surface area contributed by atoms with Crippen molar-refractivity contribution in [1.82, 2.24) is 39.1 Å². The van der Waals surface area contributed by atoms with Crippen molar-refractivity contribution < 1.29 is 13.2 Å². The number of nitrogens with zero attached hydrogens (tertiary/aromatic N) is 8. The predicted molar refractivity (Wildman–Crippen MR) is 113 cm³/mol. The summed E-state index contributed by atoms with van der Waals surface area (Å²) in [5, 5.41) is 9.46. The van der Waals surface area contributed by atoms with Crippen LogP contribution < -0.4 is 10.6 Å². The summed E-state index contributed by atoms with van der Waals surface area (Å²) in [6.45, 7) is 0.